The zero-order chi connectivity index (χ0) is 20.3. The van der Waals surface area contributed by atoms with Crippen LogP contribution in [0.4, 0.5) is 0 Å². The molecular weight excluding hydrogens is 511 g/mol. The second kappa shape index (κ2) is 13.5. The average Bonchev–Trinajstić information content (AvgIpc) is 3.29. The molecule has 1 aliphatic rings. The van der Waals surface area contributed by atoms with Crippen LogP contribution < -0.4 is 15.4 Å². The molecule has 1 saturated heterocycles. The van der Waals surface area contributed by atoms with Gasteiger partial charge >= 0.3 is 0 Å². The monoisotopic (exact) mass is 542 g/mol. The van der Waals surface area contributed by atoms with Gasteiger partial charge in [0.2, 0.25) is 0 Å². The van der Waals surface area contributed by atoms with Gasteiger partial charge in [0.1, 0.15) is 11.9 Å². The van der Waals surface area contributed by atoms with E-state index in [1.54, 1.807) is 0 Å². The lowest BCUT2D eigenvalue weighted by Crippen LogP contribution is -2.47. The smallest absolute Gasteiger partial charge is 0.261 e. The van der Waals surface area contributed by atoms with Crippen LogP contribution in [-0.2, 0) is 0 Å². The highest BCUT2D eigenvalue weighted by molar-refractivity contribution is 14.0. The van der Waals surface area contributed by atoms with Gasteiger partial charge in [0.15, 0.2) is 5.96 Å². The number of likely N-dealkylation sites (tertiary alicyclic amines) is 1. The number of nitrogens with one attached hydrogen (secondary N) is 2. The summed E-state index contributed by atoms with van der Waals surface area (Å²) in [6.45, 7) is 6.10. The SMILES string of the molecule is CCNC(=NCCCNC(=O)c1cccs1)N1CCC(Oc2ccccc2)CC1.I. The highest BCUT2D eigenvalue weighted by Gasteiger charge is 2.22. The Hall–Kier alpha value is -1.81. The molecule has 0 spiro atoms. The topological polar surface area (TPSA) is 66.0 Å². The van der Waals surface area contributed by atoms with Crippen molar-refractivity contribution in [1.29, 1.82) is 0 Å². The van der Waals surface area contributed by atoms with Gasteiger partial charge in [-0.1, -0.05) is 24.3 Å². The molecule has 2 N–H and O–H groups in total. The van der Waals surface area contributed by atoms with Crippen LogP contribution in [0.1, 0.15) is 35.9 Å². The number of rotatable bonds is 8. The number of para-hydroxylation sites is 1. The lowest BCUT2D eigenvalue weighted by atomic mass is 10.1. The lowest BCUT2D eigenvalue weighted by molar-refractivity contribution is 0.0957. The standard InChI is InChI=1S/C22H30N4O2S.HI/c1-2-23-22(25-14-7-13-24-21(27)20-10-6-17-29-20)26-15-11-19(12-16-26)28-18-8-4-3-5-9-18;/h3-6,8-10,17,19H,2,7,11-16H2,1H3,(H,23,25)(H,24,27);1H. The summed E-state index contributed by atoms with van der Waals surface area (Å²) in [7, 11) is 0. The first kappa shape index (κ1) is 24.5. The number of benzene rings is 1. The number of ether oxygens (including phenoxy) is 1. The number of nitrogens with zero attached hydrogens (tertiary/aromatic N) is 2. The summed E-state index contributed by atoms with van der Waals surface area (Å²) in [6, 6.07) is 13.8. The number of thiophene rings is 1. The van der Waals surface area contributed by atoms with E-state index in [0.29, 0.717) is 13.1 Å². The number of carbonyl (C=O) groups is 1. The molecule has 0 unspecified atom stereocenters. The third-order valence-electron chi connectivity index (χ3n) is 4.75. The summed E-state index contributed by atoms with van der Waals surface area (Å²) in [6.07, 6.45) is 3.04. The van der Waals surface area contributed by atoms with Gasteiger partial charge < -0.3 is 20.3 Å². The summed E-state index contributed by atoms with van der Waals surface area (Å²) in [5.41, 5.74) is 0. The van der Waals surface area contributed by atoms with Crippen molar-refractivity contribution in [3.8, 4) is 5.75 Å². The third-order valence-corrected chi connectivity index (χ3v) is 5.62. The van der Waals surface area contributed by atoms with Crippen molar-refractivity contribution < 1.29 is 9.53 Å². The van der Waals surface area contributed by atoms with Crippen LogP contribution in [0.2, 0.25) is 0 Å². The minimum absolute atomic E-state index is 0. The molecule has 0 atom stereocenters. The van der Waals surface area contributed by atoms with Crippen LogP contribution >= 0.6 is 35.3 Å². The van der Waals surface area contributed by atoms with E-state index in [0.717, 1.165) is 55.5 Å². The van der Waals surface area contributed by atoms with Gasteiger partial charge in [-0.2, -0.15) is 0 Å². The number of hydrogen-bond acceptors (Lipinski definition) is 4. The normalized spacial score (nSPS) is 14.7. The number of aliphatic imine (C=N–C) groups is 1. The average molecular weight is 542 g/mol. The minimum atomic E-state index is -0.00336. The van der Waals surface area contributed by atoms with Crippen LogP contribution in [0, 0.1) is 0 Å². The molecule has 2 heterocycles. The fourth-order valence-electron chi connectivity index (χ4n) is 3.26. The van der Waals surface area contributed by atoms with Crippen LogP contribution in [0.25, 0.3) is 0 Å². The van der Waals surface area contributed by atoms with Gasteiger partial charge in [0.25, 0.3) is 5.91 Å². The molecule has 1 aromatic heterocycles. The van der Waals surface area contributed by atoms with Gasteiger partial charge in [0.05, 0.1) is 4.88 Å². The third kappa shape index (κ3) is 7.79. The Kier molecular flexibility index (Phi) is 11.0. The van der Waals surface area contributed by atoms with Gasteiger partial charge in [-0.25, -0.2) is 0 Å². The van der Waals surface area contributed by atoms with Gasteiger partial charge in [-0.15, -0.1) is 35.3 Å². The molecule has 30 heavy (non-hydrogen) atoms. The van der Waals surface area contributed by atoms with Crippen LogP contribution in [0.3, 0.4) is 0 Å². The minimum Gasteiger partial charge on any atom is -0.490 e. The van der Waals surface area contributed by atoms with E-state index < -0.39 is 0 Å². The van der Waals surface area contributed by atoms with Gasteiger partial charge in [0, 0.05) is 45.6 Å². The summed E-state index contributed by atoms with van der Waals surface area (Å²) >= 11 is 1.46. The van der Waals surface area contributed by atoms with Crippen LogP contribution in [-0.4, -0.2) is 55.6 Å². The Balaban J connectivity index is 0.00000320. The first-order valence-electron chi connectivity index (χ1n) is 10.3. The molecule has 6 nitrogen and oxygen atoms in total. The first-order valence-corrected chi connectivity index (χ1v) is 11.2. The number of carbonyl (C=O) groups excluding carboxylic acids is 1. The fourth-order valence-corrected chi connectivity index (χ4v) is 3.90. The van der Waals surface area contributed by atoms with E-state index in [-0.39, 0.29) is 36.0 Å². The molecule has 0 radical (unpaired) electrons. The molecule has 1 fully saturated rings. The number of amides is 1. The lowest BCUT2D eigenvalue weighted by Gasteiger charge is -2.34. The number of guanidine groups is 1. The zero-order valence-corrected chi connectivity index (χ0v) is 20.5. The van der Waals surface area contributed by atoms with Crippen molar-refractivity contribution >= 4 is 47.2 Å². The Morgan fingerprint density at radius 3 is 2.60 bits per heavy atom. The van der Waals surface area contributed by atoms with Gasteiger partial charge in [-0.3, -0.25) is 9.79 Å². The highest BCUT2D eigenvalue weighted by Crippen LogP contribution is 2.18. The van der Waals surface area contributed by atoms with Gasteiger partial charge in [-0.05, 0) is 36.9 Å². The molecule has 2 aromatic rings. The second-order valence-electron chi connectivity index (χ2n) is 6.94. The number of halogens is 1. The van der Waals surface area contributed by atoms with E-state index in [9.17, 15) is 4.79 Å². The van der Waals surface area contributed by atoms with Crippen LogP contribution in [0.5, 0.6) is 5.75 Å². The first-order chi connectivity index (χ1) is 14.3. The molecule has 1 aromatic carbocycles. The predicted molar refractivity (Wildman–Crippen MR) is 134 cm³/mol. The molecule has 1 aliphatic heterocycles. The van der Waals surface area contributed by atoms with Crippen molar-refractivity contribution in [1.82, 2.24) is 15.5 Å². The maximum Gasteiger partial charge on any atom is 0.261 e. The second-order valence-corrected chi connectivity index (χ2v) is 7.89. The molecular formula is C22H31IN4O2S. The van der Waals surface area contributed by atoms with E-state index >= 15 is 0 Å². The molecule has 0 saturated carbocycles. The summed E-state index contributed by atoms with van der Waals surface area (Å²) in [5, 5.41) is 8.25. The summed E-state index contributed by atoms with van der Waals surface area (Å²) in [4.78, 5) is 19.7. The molecule has 164 valence electrons. The van der Waals surface area contributed by atoms with E-state index in [4.69, 9.17) is 9.73 Å². The van der Waals surface area contributed by atoms with Crippen molar-refractivity contribution in [2.24, 2.45) is 4.99 Å². The largest absolute Gasteiger partial charge is 0.490 e. The number of hydrogen-bond donors (Lipinski definition) is 2. The fraction of sp³-hybridized carbons (Fsp3) is 0.455. The van der Waals surface area contributed by atoms with Crippen molar-refractivity contribution in [3.05, 3.63) is 52.7 Å². The Morgan fingerprint density at radius 2 is 1.93 bits per heavy atom. The molecule has 0 bridgehead atoms. The number of piperidine rings is 1. The molecule has 3 rings (SSSR count). The van der Waals surface area contributed by atoms with E-state index in [2.05, 4.69) is 22.5 Å². The Bertz CT molecular complexity index is 763. The molecule has 8 heteroatoms. The molecule has 1 amide bonds. The van der Waals surface area contributed by atoms with E-state index in [1.807, 2.05) is 47.8 Å². The maximum atomic E-state index is 11.9. The quantitative estimate of drug-likeness (QED) is 0.229. The molecule has 0 aliphatic carbocycles. The maximum absolute atomic E-state index is 11.9. The summed E-state index contributed by atoms with van der Waals surface area (Å²) in [5.74, 6) is 1.89. The Labute approximate surface area is 200 Å². The van der Waals surface area contributed by atoms with E-state index in [1.165, 1.54) is 11.3 Å². The van der Waals surface area contributed by atoms with Crippen molar-refractivity contribution in [3.63, 3.8) is 0 Å². The van der Waals surface area contributed by atoms with Crippen LogP contribution in [0.15, 0.2) is 52.8 Å². The summed E-state index contributed by atoms with van der Waals surface area (Å²) < 4.78 is 6.08. The Morgan fingerprint density at radius 1 is 1.17 bits per heavy atom. The van der Waals surface area contributed by atoms with Crippen molar-refractivity contribution in [2.45, 2.75) is 32.3 Å². The predicted octanol–water partition coefficient (Wildman–Crippen LogP) is 3.99. The van der Waals surface area contributed by atoms with Crippen molar-refractivity contribution in [2.75, 3.05) is 32.7 Å². The zero-order valence-electron chi connectivity index (χ0n) is 17.4. The highest BCUT2D eigenvalue weighted by atomic mass is 127.